The number of methoxy groups -OCH3 is 2. The van der Waals surface area contributed by atoms with Crippen LogP contribution in [0.5, 0.6) is 11.8 Å². The Balaban J connectivity index is 1.89. The van der Waals surface area contributed by atoms with Crippen molar-refractivity contribution in [1.82, 2.24) is 19.9 Å². The zero-order valence-corrected chi connectivity index (χ0v) is 17.6. The van der Waals surface area contributed by atoms with Gasteiger partial charge in [-0.15, -0.1) is 0 Å². The van der Waals surface area contributed by atoms with Gasteiger partial charge in [0.2, 0.25) is 11.8 Å². The minimum absolute atomic E-state index is 0.390. The number of hydrogen-bond donors (Lipinski definition) is 0. The minimum Gasteiger partial charge on any atom is -0.479 e. The van der Waals surface area contributed by atoms with Gasteiger partial charge in [-0.2, -0.15) is 0 Å². The molecule has 0 bridgehead atoms. The van der Waals surface area contributed by atoms with Crippen molar-refractivity contribution in [3.8, 4) is 45.4 Å². The topological polar surface area (TPSA) is 70.0 Å². The highest BCUT2D eigenvalue weighted by Gasteiger charge is 2.19. The molecule has 8 heteroatoms. The summed E-state index contributed by atoms with van der Waals surface area (Å²) in [6.45, 7) is 0. The largest absolute Gasteiger partial charge is 0.479 e. The standard InChI is InChI=1S/C22H16Cl2N4O2/c1-29-21-19(25-9-11-27-21)15-7-3-5-13(17(15)23)14-6-4-8-16(18(14)24)20-22(30-2)28-12-10-26-20/h3-12H,1-2H3. The molecule has 4 aromatic rings. The van der Waals surface area contributed by atoms with Crippen LogP contribution >= 0.6 is 23.2 Å². The Morgan fingerprint density at radius 1 is 0.567 bits per heavy atom. The number of nitrogens with zero attached hydrogens (tertiary/aromatic N) is 4. The third kappa shape index (κ3) is 3.56. The molecule has 2 aromatic heterocycles. The molecular weight excluding hydrogens is 423 g/mol. The predicted octanol–water partition coefficient (Wildman–Crippen LogP) is 5.59. The highest BCUT2D eigenvalue weighted by Crippen LogP contribution is 2.43. The number of rotatable bonds is 5. The van der Waals surface area contributed by atoms with Gasteiger partial charge in [0.25, 0.3) is 0 Å². The van der Waals surface area contributed by atoms with Crippen LogP contribution in [0, 0.1) is 0 Å². The molecule has 2 heterocycles. The van der Waals surface area contributed by atoms with Crippen LogP contribution in [0.4, 0.5) is 0 Å². The first-order chi connectivity index (χ1) is 14.7. The molecule has 0 fully saturated rings. The lowest BCUT2D eigenvalue weighted by Gasteiger charge is -2.14. The molecule has 0 aliphatic heterocycles. The van der Waals surface area contributed by atoms with Gasteiger partial charge >= 0.3 is 0 Å². The fourth-order valence-electron chi connectivity index (χ4n) is 3.16. The summed E-state index contributed by atoms with van der Waals surface area (Å²) in [5.41, 5.74) is 3.98. The normalized spacial score (nSPS) is 10.7. The molecule has 0 saturated heterocycles. The van der Waals surface area contributed by atoms with Crippen molar-refractivity contribution in [1.29, 1.82) is 0 Å². The van der Waals surface area contributed by atoms with E-state index in [2.05, 4.69) is 19.9 Å². The van der Waals surface area contributed by atoms with Crippen LogP contribution in [0.3, 0.4) is 0 Å². The first-order valence-electron chi connectivity index (χ1n) is 8.93. The van der Waals surface area contributed by atoms with E-state index in [1.165, 1.54) is 0 Å². The summed E-state index contributed by atoms with van der Waals surface area (Å²) in [6.07, 6.45) is 6.31. The Hall–Kier alpha value is -3.22. The maximum absolute atomic E-state index is 6.80. The minimum atomic E-state index is 0.390. The summed E-state index contributed by atoms with van der Waals surface area (Å²) in [7, 11) is 3.08. The van der Waals surface area contributed by atoms with E-state index in [1.807, 2.05) is 36.4 Å². The van der Waals surface area contributed by atoms with Gasteiger partial charge in [0.15, 0.2) is 0 Å². The lowest BCUT2D eigenvalue weighted by Crippen LogP contribution is -1.96. The summed E-state index contributed by atoms with van der Waals surface area (Å²) < 4.78 is 10.7. The van der Waals surface area contributed by atoms with Gasteiger partial charge < -0.3 is 9.47 Å². The number of hydrogen-bond acceptors (Lipinski definition) is 6. The van der Waals surface area contributed by atoms with Gasteiger partial charge in [0.05, 0.1) is 24.3 Å². The smallest absolute Gasteiger partial charge is 0.240 e. The van der Waals surface area contributed by atoms with E-state index in [1.54, 1.807) is 39.0 Å². The Morgan fingerprint density at radius 2 is 0.933 bits per heavy atom. The van der Waals surface area contributed by atoms with Gasteiger partial charge in [-0.3, -0.25) is 0 Å². The maximum atomic E-state index is 6.80. The molecular formula is C22H16Cl2N4O2. The Bertz CT molecular complexity index is 1120. The Morgan fingerprint density at radius 3 is 1.33 bits per heavy atom. The number of aromatic nitrogens is 4. The van der Waals surface area contributed by atoms with Crippen LogP contribution < -0.4 is 9.47 Å². The lowest BCUT2D eigenvalue weighted by molar-refractivity contribution is 0.397. The van der Waals surface area contributed by atoms with E-state index >= 15 is 0 Å². The maximum Gasteiger partial charge on any atom is 0.240 e. The van der Waals surface area contributed by atoms with E-state index in [4.69, 9.17) is 32.7 Å². The fourth-order valence-corrected chi connectivity index (χ4v) is 3.80. The molecule has 0 spiro atoms. The number of benzene rings is 2. The molecule has 4 rings (SSSR count). The molecule has 0 radical (unpaired) electrons. The number of halogens is 2. The Labute approximate surface area is 183 Å². The molecule has 0 atom stereocenters. The zero-order valence-electron chi connectivity index (χ0n) is 16.1. The van der Waals surface area contributed by atoms with Crippen molar-refractivity contribution in [3.05, 3.63) is 71.2 Å². The third-order valence-corrected chi connectivity index (χ3v) is 5.33. The summed E-state index contributed by atoms with van der Waals surface area (Å²) in [4.78, 5) is 17.2. The average molecular weight is 439 g/mol. The summed E-state index contributed by atoms with van der Waals surface area (Å²) in [5, 5.41) is 0.975. The van der Waals surface area contributed by atoms with E-state index in [9.17, 15) is 0 Å². The first-order valence-corrected chi connectivity index (χ1v) is 9.69. The van der Waals surface area contributed by atoms with Crippen LogP contribution in [-0.2, 0) is 0 Å². The molecule has 2 aromatic carbocycles. The second kappa shape index (κ2) is 8.65. The van der Waals surface area contributed by atoms with Crippen molar-refractivity contribution in [2.24, 2.45) is 0 Å². The van der Waals surface area contributed by atoms with E-state index < -0.39 is 0 Å². The second-order valence-electron chi connectivity index (χ2n) is 6.16. The van der Waals surface area contributed by atoms with Crippen LogP contribution in [0.15, 0.2) is 61.2 Å². The first kappa shape index (κ1) is 20.1. The second-order valence-corrected chi connectivity index (χ2v) is 6.92. The molecule has 0 N–H and O–H groups in total. The van der Waals surface area contributed by atoms with Crippen molar-refractivity contribution < 1.29 is 9.47 Å². The van der Waals surface area contributed by atoms with Crippen molar-refractivity contribution in [3.63, 3.8) is 0 Å². The van der Waals surface area contributed by atoms with Gasteiger partial charge in [-0.05, 0) is 0 Å². The lowest BCUT2D eigenvalue weighted by atomic mass is 9.98. The van der Waals surface area contributed by atoms with E-state index in [0.29, 0.717) is 44.3 Å². The highest BCUT2D eigenvalue weighted by atomic mass is 35.5. The molecule has 150 valence electrons. The molecule has 0 aliphatic carbocycles. The van der Waals surface area contributed by atoms with Gasteiger partial charge in [-0.1, -0.05) is 59.6 Å². The van der Waals surface area contributed by atoms with Crippen molar-refractivity contribution in [2.75, 3.05) is 14.2 Å². The Kier molecular flexibility index (Phi) is 5.79. The third-order valence-electron chi connectivity index (χ3n) is 4.51. The van der Waals surface area contributed by atoms with Gasteiger partial charge in [0.1, 0.15) is 11.4 Å². The monoisotopic (exact) mass is 438 g/mol. The summed E-state index contributed by atoms with van der Waals surface area (Å²) >= 11 is 13.6. The van der Waals surface area contributed by atoms with Crippen LogP contribution in [-0.4, -0.2) is 34.2 Å². The number of ether oxygens (including phenoxy) is 2. The van der Waals surface area contributed by atoms with Gasteiger partial charge in [0, 0.05) is 47.0 Å². The molecule has 0 amide bonds. The SMILES string of the molecule is COc1nccnc1-c1cccc(-c2cccc(-c3nccnc3OC)c2Cl)c1Cl. The highest BCUT2D eigenvalue weighted by molar-refractivity contribution is 6.39. The molecule has 30 heavy (non-hydrogen) atoms. The van der Waals surface area contributed by atoms with E-state index in [0.717, 1.165) is 11.1 Å². The quantitative estimate of drug-likeness (QED) is 0.404. The zero-order chi connectivity index (χ0) is 21.1. The molecule has 0 saturated carbocycles. The molecule has 0 unspecified atom stereocenters. The predicted molar refractivity (Wildman–Crippen MR) is 117 cm³/mol. The van der Waals surface area contributed by atoms with E-state index in [-0.39, 0.29) is 0 Å². The summed E-state index contributed by atoms with van der Waals surface area (Å²) in [5.74, 6) is 0.779. The van der Waals surface area contributed by atoms with Crippen LogP contribution in [0.25, 0.3) is 33.6 Å². The molecule has 6 nitrogen and oxygen atoms in total. The fraction of sp³-hybridized carbons (Fsp3) is 0.0909. The van der Waals surface area contributed by atoms with Crippen LogP contribution in [0.2, 0.25) is 10.0 Å². The molecule has 0 aliphatic rings. The van der Waals surface area contributed by atoms with Crippen LogP contribution in [0.1, 0.15) is 0 Å². The summed E-state index contributed by atoms with van der Waals surface area (Å²) in [6, 6.07) is 11.3. The van der Waals surface area contributed by atoms with Crippen molar-refractivity contribution in [2.45, 2.75) is 0 Å². The average Bonchev–Trinajstić information content (AvgIpc) is 2.79. The van der Waals surface area contributed by atoms with Crippen molar-refractivity contribution >= 4 is 23.2 Å². The van der Waals surface area contributed by atoms with Gasteiger partial charge in [-0.25, -0.2) is 19.9 Å².